The normalized spacial score (nSPS) is 17.2. The molecule has 0 unspecified atom stereocenters. The second kappa shape index (κ2) is 8.94. The maximum Gasteiger partial charge on any atom is 0.287 e. The molecular formula is C20H24N2O3S. The molecule has 2 aromatic rings. The van der Waals surface area contributed by atoms with Crippen LogP contribution in [0.1, 0.15) is 47.0 Å². The van der Waals surface area contributed by atoms with Crippen molar-refractivity contribution in [1.82, 2.24) is 10.6 Å². The van der Waals surface area contributed by atoms with Gasteiger partial charge in [0, 0.05) is 0 Å². The summed E-state index contributed by atoms with van der Waals surface area (Å²) in [6.45, 7) is 0. The molecule has 0 saturated heterocycles. The van der Waals surface area contributed by atoms with Crippen LogP contribution in [0, 0.1) is 0 Å². The molecule has 1 aliphatic rings. The van der Waals surface area contributed by atoms with Crippen LogP contribution in [0.2, 0.25) is 0 Å². The quantitative estimate of drug-likeness (QED) is 0.782. The molecule has 3 rings (SSSR count). The minimum atomic E-state index is -0.575. The third kappa shape index (κ3) is 4.49. The highest BCUT2D eigenvalue weighted by molar-refractivity contribution is 7.98. The second-order valence-electron chi connectivity index (χ2n) is 6.44. The van der Waals surface area contributed by atoms with Crippen molar-refractivity contribution in [3.63, 3.8) is 0 Å². The van der Waals surface area contributed by atoms with E-state index >= 15 is 0 Å². The largest absolute Gasteiger partial charge is 0.459 e. The van der Waals surface area contributed by atoms with Crippen molar-refractivity contribution in [2.75, 3.05) is 12.0 Å². The molecule has 0 radical (unpaired) electrons. The average Bonchev–Trinajstić information content (AvgIpc) is 3.20. The zero-order valence-corrected chi connectivity index (χ0v) is 15.7. The van der Waals surface area contributed by atoms with Crippen molar-refractivity contribution in [3.05, 3.63) is 59.5 Å². The number of furan rings is 1. The van der Waals surface area contributed by atoms with Crippen LogP contribution < -0.4 is 10.6 Å². The Balaban J connectivity index is 1.69. The Labute approximate surface area is 157 Å². The summed E-state index contributed by atoms with van der Waals surface area (Å²) in [5, 5.41) is 5.95. The van der Waals surface area contributed by atoms with Crippen LogP contribution in [-0.2, 0) is 11.2 Å². The summed E-state index contributed by atoms with van der Waals surface area (Å²) in [6, 6.07) is 10.9. The third-order valence-electron chi connectivity index (χ3n) is 4.66. The minimum absolute atomic E-state index is 0.00439. The highest BCUT2D eigenvalue weighted by atomic mass is 32.2. The maximum absolute atomic E-state index is 12.9. The molecule has 1 heterocycles. The average molecular weight is 372 g/mol. The van der Waals surface area contributed by atoms with Crippen LogP contribution in [0.5, 0.6) is 0 Å². The molecule has 1 aliphatic carbocycles. The zero-order chi connectivity index (χ0) is 18.4. The van der Waals surface area contributed by atoms with Gasteiger partial charge in [0.2, 0.25) is 5.91 Å². The number of carbonyl (C=O) groups is 2. The zero-order valence-electron chi connectivity index (χ0n) is 14.9. The summed E-state index contributed by atoms with van der Waals surface area (Å²) in [4.78, 5) is 25.1. The van der Waals surface area contributed by atoms with Crippen LogP contribution in [-0.4, -0.2) is 29.9 Å². The summed E-state index contributed by atoms with van der Waals surface area (Å²) < 4.78 is 5.13. The van der Waals surface area contributed by atoms with Gasteiger partial charge in [-0.2, -0.15) is 11.8 Å². The molecule has 2 N–H and O–H groups in total. The van der Waals surface area contributed by atoms with Gasteiger partial charge in [-0.3, -0.25) is 9.59 Å². The third-order valence-corrected chi connectivity index (χ3v) is 5.31. The van der Waals surface area contributed by atoms with Gasteiger partial charge in [-0.1, -0.05) is 24.3 Å². The lowest BCUT2D eigenvalue weighted by molar-refractivity contribution is -0.123. The summed E-state index contributed by atoms with van der Waals surface area (Å²) in [7, 11) is 0. The predicted molar refractivity (Wildman–Crippen MR) is 103 cm³/mol. The van der Waals surface area contributed by atoms with E-state index in [2.05, 4.69) is 22.8 Å². The van der Waals surface area contributed by atoms with Crippen LogP contribution >= 0.6 is 11.8 Å². The number of hydrogen-bond donors (Lipinski definition) is 2. The number of amides is 2. The molecular weight excluding hydrogens is 348 g/mol. The number of nitrogens with one attached hydrogen (secondary N) is 2. The Hall–Kier alpha value is -2.21. The minimum Gasteiger partial charge on any atom is -0.459 e. The number of benzene rings is 1. The summed E-state index contributed by atoms with van der Waals surface area (Å²) in [5.74, 6) is 0.508. The van der Waals surface area contributed by atoms with Crippen molar-refractivity contribution in [2.24, 2.45) is 0 Å². The molecule has 26 heavy (non-hydrogen) atoms. The number of aryl methyl sites for hydroxylation is 1. The fraction of sp³-hybridized carbons (Fsp3) is 0.400. The van der Waals surface area contributed by atoms with Gasteiger partial charge in [-0.25, -0.2) is 0 Å². The highest BCUT2D eigenvalue weighted by Gasteiger charge is 2.27. The fourth-order valence-electron chi connectivity index (χ4n) is 3.32. The summed E-state index contributed by atoms with van der Waals surface area (Å²) >= 11 is 1.65. The number of rotatable bonds is 7. The molecule has 1 aromatic carbocycles. The van der Waals surface area contributed by atoms with Crippen LogP contribution in [0.25, 0.3) is 0 Å². The molecule has 2 amide bonds. The lowest BCUT2D eigenvalue weighted by atomic mass is 9.87. The molecule has 0 fully saturated rings. The first-order valence-corrected chi connectivity index (χ1v) is 10.3. The van der Waals surface area contributed by atoms with E-state index in [0.717, 1.165) is 25.0 Å². The Kier molecular flexibility index (Phi) is 6.39. The van der Waals surface area contributed by atoms with Crippen LogP contribution in [0.3, 0.4) is 0 Å². The van der Waals surface area contributed by atoms with E-state index in [1.54, 1.807) is 23.9 Å². The molecule has 6 heteroatoms. The van der Waals surface area contributed by atoms with Crippen molar-refractivity contribution < 1.29 is 14.0 Å². The van der Waals surface area contributed by atoms with Gasteiger partial charge in [0.25, 0.3) is 5.91 Å². The van der Waals surface area contributed by atoms with Gasteiger partial charge in [-0.05, 0) is 61.0 Å². The Morgan fingerprint density at radius 1 is 1.27 bits per heavy atom. The summed E-state index contributed by atoms with van der Waals surface area (Å²) in [5.41, 5.74) is 2.48. The lowest BCUT2D eigenvalue weighted by Gasteiger charge is -2.28. The first kappa shape index (κ1) is 18.6. The highest BCUT2D eigenvalue weighted by Crippen LogP contribution is 2.29. The van der Waals surface area contributed by atoms with Crippen LogP contribution in [0.15, 0.2) is 47.1 Å². The van der Waals surface area contributed by atoms with E-state index in [1.165, 1.54) is 17.4 Å². The lowest BCUT2D eigenvalue weighted by Crippen LogP contribution is -2.48. The van der Waals surface area contributed by atoms with Gasteiger partial charge < -0.3 is 15.1 Å². The number of thioether (sulfide) groups is 1. The first-order chi connectivity index (χ1) is 12.7. The van der Waals surface area contributed by atoms with E-state index in [0.29, 0.717) is 6.42 Å². The Bertz CT molecular complexity index is 745. The van der Waals surface area contributed by atoms with Gasteiger partial charge in [-0.15, -0.1) is 0 Å². The molecule has 0 spiro atoms. The van der Waals surface area contributed by atoms with Gasteiger partial charge in [0.15, 0.2) is 5.76 Å². The number of fused-ring (bicyclic) bond motifs is 1. The molecule has 5 nitrogen and oxygen atoms in total. The molecule has 138 valence electrons. The topological polar surface area (TPSA) is 71.3 Å². The van der Waals surface area contributed by atoms with Crippen molar-refractivity contribution in [1.29, 1.82) is 0 Å². The van der Waals surface area contributed by atoms with Crippen molar-refractivity contribution >= 4 is 23.6 Å². The van der Waals surface area contributed by atoms with E-state index in [1.807, 2.05) is 18.4 Å². The summed E-state index contributed by atoms with van der Waals surface area (Å²) in [6.07, 6.45) is 7.04. The SMILES string of the molecule is CSCC[C@H](NC(=O)c1ccco1)C(=O)N[C@H]1CCCc2ccccc21. The standard InChI is InChI=1S/C20H24N2O3S/c1-26-13-11-17(22-20(24)18-10-5-12-25-18)19(23)21-16-9-4-7-14-6-2-3-8-15(14)16/h2-3,5-6,8,10,12,16-17H,4,7,9,11,13H2,1H3,(H,21,23)(H,22,24)/t16-,17-/m0/s1. The van der Waals surface area contributed by atoms with E-state index in [9.17, 15) is 9.59 Å². The predicted octanol–water partition coefficient (Wildman–Crippen LogP) is 3.32. The fourth-order valence-corrected chi connectivity index (χ4v) is 3.79. The molecule has 0 saturated carbocycles. The van der Waals surface area contributed by atoms with Crippen molar-refractivity contribution in [2.45, 2.75) is 37.8 Å². The van der Waals surface area contributed by atoms with Gasteiger partial charge >= 0.3 is 0 Å². The van der Waals surface area contributed by atoms with Gasteiger partial charge in [0.1, 0.15) is 6.04 Å². The molecule has 2 atom stereocenters. The monoisotopic (exact) mass is 372 g/mol. The molecule has 0 bridgehead atoms. The Morgan fingerprint density at radius 3 is 2.88 bits per heavy atom. The maximum atomic E-state index is 12.9. The van der Waals surface area contributed by atoms with E-state index in [4.69, 9.17) is 4.42 Å². The molecule has 0 aliphatic heterocycles. The van der Waals surface area contributed by atoms with Crippen LogP contribution in [0.4, 0.5) is 0 Å². The van der Waals surface area contributed by atoms with Gasteiger partial charge in [0.05, 0.1) is 12.3 Å². The van der Waals surface area contributed by atoms with E-state index in [-0.39, 0.29) is 23.6 Å². The smallest absolute Gasteiger partial charge is 0.287 e. The number of hydrogen-bond acceptors (Lipinski definition) is 4. The van der Waals surface area contributed by atoms with E-state index < -0.39 is 6.04 Å². The Morgan fingerprint density at radius 2 is 2.12 bits per heavy atom. The second-order valence-corrected chi connectivity index (χ2v) is 7.42. The first-order valence-electron chi connectivity index (χ1n) is 8.90. The number of carbonyl (C=O) groups excluding carboxylic acids is 2. The van der Waals surface area contributed by atoms with Crippen molar-refractivity contribution in [3.8, 4) is 0 Å². The molecule has 1 aromatic heterocycles.